The zero-order valence-corrected chi connectivity index (χ0v) is 33.1. The molecule has 12 aromatic rings. The van der Waals surface area contributed by atoms with Crippen LogP contribution in [0.3, 0.4) is 0 Å². The summed E-state index contributed by atoms with van der Waals surface area (Å²) in [6.07, 6.45) is 0. The molecule has 0 spiro atoms. The monoisotopic (exact) mass is 776 g/mol. The summed E-state index contributed by atoms with van der Waals surface area (Å²) in [6, 6.07) is 77.7. The van der Waals surface area contributed by atoms with E-state index in [4.69, 9.17) is 15.0 Å². The highest BCUT2D eigenvalue weighted by molar-refractivity contribution is 6.21. The summed E-state index contributed by atoms with van der Waals surface area (Å²) < 4.78 is 2.53. The molecule has 4 heteroatoms. The van der Waals surface area contributed by atoms with E-state index in [9.17, 15) is 0 Å². The maximum Gasteiger partial charge on any atom is 0.165 e. The molecule has 0 amide bonds. The van der Waals surface area contributed by atoms with Crippen molar-refractivity contribution in [1.82, 2.24) is 19.5 Å². The molecule has 0 aliphatic rings. The van der Waals surface area contributed by atoms with E-state index in [2.05, 4.69) is 187 Å². The fourth-order valence-corrected chi connectivity index (χ4v) is 9.21. The Labute approximate surface area is 352 Å². The van der Waals surface area contributed by atoms with Gasteiger partial charge in [0.1, 0.15) is 0 Å². The summed E-state index contributed by atoms with van der Waals surface area (Å²) in [5, 5.41) is 9.40. The van der Waals surface area contributed by atoms with Crippen LogP contribution in [0.1, 0.15) is 0 Å². The molecule has 0 bridgehead atoms. The number of hydrogen-bond donors (Lipinski definition) is 0. The van der Waals surface area contributed by atoms with Crippen LogP contribution in [0.4, 0.5) is 0 Å². The summed E-state index contributed by atoms with van der Waals surface area (Å²) in [5.41, 5.74) is 10.5. The van der Waals surface area contributed by atoms with Gasteiger partial charge in [-0.2, -0.15) is 0 Å². The lowest BCUT2D eigenvalue weighted by Gasteiger charge is -2.25. The van der Waals surface area contributed by atoms with Crippen LogP contribution in [0, 0.1) is 0 Å². The fraction of sp³-hybridized carbons (Fsp3) is 0. The molecule has 0 saturated carbocycles. The molecule has 12 rings (SSSR count). The van der Waals surface area contributed by atoms with E-state index in [0.717, 1.165) is 66.4 Å². The Morgan fingerprint density at radius 3 is 1.10 bits per heavy atom. The van der Waals surface area contributed by atoms with Crippen LogP contribution in [0.2, 0.25) is 0 Å². The molecular weight excluding hydrogens is 741 g/mol. The minimum absolute atomic E-state index is 0.616. The first-order chi connectivity index (χ1) is 30.3. The van der Waals surface area contributed by atoms with Crippen LogP contribution < -0.4 is 0 Å². The van der Waals surface area contributed by atoms with Crippen LogP contribution in [-0.4, -0.2) is 19.5 Å². The zero-order chi connectivity index (χ0) is 40.3. The quantitative estimate of drug-likeness (QED) is 0.169. The van der Waals surface area contributed by atoms with Gasteiger partial charge in [0.25, 0.3) is 0 Å². The third-order valence-electron chi connectivity index (χ3n) is 12.0. The highest BCUT2D eigenvalue weighted by Crippen LogP contribution is 2.50. The topological polar surface area (TPSA) is 43.6 Å². The standard InChI is InChI=1S/C57H36N4/c1-5-19-37(20-6-1)51-52(38-21-7-2-8-22-38)54(61-49-35-43-29-15-13-27-41(43)33-47(49)48-34-42-28-14-16-30-44(42)36-50(48)61)46-32-18-17-31-45(46)53(51)57-59-55(39-23-9-3-10-24-39)58-56(60-57)40-25-11-4-12-26-40/h1-36H. The van der Waals surface area contributed by atoms with Crippen molar-refractivity contribution in [1.29, 1.82) is 0 Å². The van der Waals surface area contributed by atoms with Crippen molar-refractivity contribution in [3.05, 3.63) is 218 Å². The predicted molar refractivity (Wildman–Crippen MR) is 254 cm³/mol. The highest BCUT2D eigenvalue weighted by atomic mass is 15.0. The van der Waals surface area contributed by atoms with E-state index in [1.54, 1.807) is 0 Å². The van der Waals surface area contributed by atoms with Gasteiger partial charge in [-0.1, -0.05) is 194 Å². The Morgan fingerprint density at radius 1 is 0.262 bits per heavy atom. The highest BCUT2D eigenvalue weighted by Gasteiger charge is 2.28. The first kappa shape index (κ1) is 34.8. The van der Waals surface area contributed by atoms with E-state index in [1.165, 1.54) is 32.3 Å². The van der Waals surface area contributed by atoms with Gasteiger partial charge >= 0.3 is 0 Å². The number of benzene rings is 10. The van der Waals surface area contributed by atoms with Crippen molar-refractivity contribution in [3.8, 4) is 62.1 Å². The Balaban J connectivity index is 1.31. The molecule has 0 aliphatic heterocycles. The van der Waals surface area contributed by atoms with Crippen LogP contribution in [0.15, 0.2) is 218 Å². The maximum absolute atomic E-state index is 5.40. The van der Waals surface area contributed by atoms with Crippen molar-refractivity contribution < 1.29 is 0 Å². The Hall–Kier alpha value is -8.21. The van der Waals surface area contributed by atoms with Crippen LogP contribution in [0.25, 0.3) is 116 Å². The molecule has 10 aromatic carbocycles. The summed E-state index contributed by atoms with van der Waals surface area (Å²) in [5.74, 6) is 1.86. The average molecular weight is 777 g/mol. The lowest BCUT2D eigenvalue weighted by atomic mass is 9.84. The van der Waals surface area contributed by atoms with Gasteiger partial charge in [-0.15, -0.1) is 0 Å². The summed E-state index contributed by atoms with van der Waals surface area (Å²) in [6.45, 7) is 0. The molecule has 0 atom stereocenters. The molecule has 0 saturated heterocycles. The second-order valence-corrected chi connectivity index (χ2v) is 15.6. The molecule has 0 radical (unpaired) electrons. The van der Waals surface area contributed by atoms with Crippen molar-refractivity contribution in [2.75, 3.05) is 0 Å². The molecule has 0 fully saturated rings. The minimum Gasteiger partial charge on any atom is -0.308 e. The number of fused-ring (bicyclic) bond motifs is 6. The zero-order valence-electron chi connectivity index (χ0n) is 33.1. The number of nitrogens with zero attached hydrogens (tertiary/aromatic N) is 4. The van der Waals surface area contributed by atoms with Crippen molar-refractivity contribution >= 4 is 54.1 Å². The summed E-state index contributed by atoms with van der Waals surface area (Å²) in [4.78, 5) is 15.9. The smallest absolute Gasteiger partial charge is 0.165 e. The van der Waals surface area contributed by atoms with E-state index in [-0.39, 0.29) is 0 Å². The molecular formula is C57H36N4. The largest absolute Gasteiger partial charge is 0.308 e. The maximum atomic E-state index is 5.40. The van der Waals surface area contributed by atoms with Crippen molar-refractivity contribution in [3.63, 3.8) is 0 Å². The Bertz CT molecular complexity index is 3470. The first-order valence-electron chi connectivity index (χ1n) is 20.7. The van der Waals surface area contributed by atoms with E-state index in [0.29, 0.717) is 17.5 Å². The van der Waals surface area contributed by atoms with E-state index >= 15 is 0 Å². The molecule has 4 nitrogen and oxygen atoms in total. The average Bonchev–Trinajstić information content (AvgIpc) is 3.63. The Morgan fingerprint density at radius 2 is 0.623 bits per heavy atom. The summed E-state index contributed by atoms with van der Waals surface area (Å²) >= 11 is 0. The Kier molecular flexibility index (Phi) is 8.13. The van der Waals surface area contributed by atoms with Crippen molar-refractivity contribution in [2.24, 2.45) is 0 Å². The molecule has 0 N–H and O–H groups in total. The van der Waals surface area contributed by atoms with Crippen LogP contribution >= 0.6 is 0 Å². The van der Waals surface area contributed by atoms with Crippen molar-refractivity contribution in [2.45, 2.75) is 0 Å². The number of aromatic nitrogens is 4. The lowest BCUT2D eigenvalue weighted by molar-refractivity contribution is 1.08. The molecule has 284 valence electrons. The minimum atomic E-state index is 0.616. The SMILES string of the molecule is c1ccc(-c2nc(-c3ccccc3)nc(-c3c(-c4ccccc4)c(-c4ccccc4)c(-n4c5cc6ccccc6cc5c5cc6ccccc6cc54)c4ccccc34)n2)cc1. The summed E-state index contributed by atoms with van der Waals surface area (Å²) in [7, 11) is 0. The lowest BCUT2D eigenvalue weighted by Crippen LogP contribution is -2.06. The van der Waals surface area contributed by atoms with Gasteiger partial charge in [0.05, 0.1) is 16.7 Å². The number of rotatable bonds is 6. The molecule has 61 heavy (non-hydrogen) atoms. The van der Waals surface area contributed by atoms with Gasteiger partial charge in [0, 0.05) is 44.0 Å². The second kappa shape index (κ2) is 14.3. The molecule has 2 heterocycles. The predicted octanol–water partition coefficient (Wildman–Crippen LogP) is 14.8. The van der Waals surface area contributed by atoms with Gasteiger partial charge in [0.2, 0.25) is 0 Å². The molecule has 2 aromatic heterocycles. The number of hydrogen-bond acceptors (Lipinski definition) is 3. The van der Waals surface area contributed by atoms with E-state index in [1.807, 2.05) is 36.4 Å². The van der Waals surface area contributed by atoms with Crippen LogP contribution in [0.5, 0.6) is 0 Å². The van der Waals surface area contributed by atoms with Gasteiger partial charge in [-0.3, -0.25) is 0 Å². The van der Waals surface area contributed by atoms with Gasteiger partial charge < -0.3 is 4.57 Å². The third-order valence-corrected chi connectivity index (χ3v) is 12.0. The van der Waals surface area contributed by atoms with Gasteiger partial charge in [-0.25, -0.2) is 15.0 Å². The third kappa shape index (κ3) is 5.80. The fourth-order valence-electron chi connectivity index (χ4n) is 9.21. The second-order valence-electron chi connectivity index (χ2n) is 15.6. The van der Waals surface area contributed by atoms with Gasteiger partial charge in [-0.05, 0) is 62.3 Å². The first-order valence-corrected chi connectivity index (χ1v) is 20.7. The molecule has 0 unspecified atom stereocenters. The molecule has 0 aliphatic carbocycles. The normalized spacial score (nSPS) is 11.6. The van der Waals surface area contributed by atoms with E-state index < -0.39 is 0 Å². The van der Waals surface area contributed by atoms with Crippen LogP contribution in [-0.2, 0) is 0 Å². The van der Waals surface area contributed by atoms with Gasteiger partial charge in [0.15, 0.2) is 17.5 Å².